The fourth-order valence-corrected chi connectivity index (χ4v) is 4.36. The molecule has 2 rings (SSSR count). The maximum Gasteiger partial charge on any atom is 0.229 e. The molecule has 0 aromatic rings. The molecule has 0 aliphatic carbocycles. The molecule has 6 nitrogen and oxygen atoms in total. The first-order valence-electron chi connectivity index (χ1n) is 6.76. The minimum Gasteiger partial charge on any atom is -0.379 e. The Balaban J connectivity index is 2.03. The lowest BCUT2D eigenvalue weighted by Crippen LogP contribution is -2.54. The molecular weight excluding hydrogens is 268 g/mol. The zero-order chi connectivity index (χ0) is 14.0. The largest absolute Gasteiger partial charge is 0.379 e. The summed E-state index contributed by atoms with van der Waals surface area (Å²) >= 11 is 0. The number of amides is 1. The first-order valence-corrected chi connectivity index (χ1v) is 8.58. The van der Waals surface area contributed by atoms with Gasteiger partial charge < -0.3 is 15.0 Å². The van der Waals surface area contributed by atoms with E-state index in [2.05, 4.69) is 5.32 Å². The summed E-state index contributed by atoms with van der Waals surface area (Å²) in [5.41, 5.74) is 0. The minimum atomic E-state index is -2.99. The van der Waals surface area contributed by atoms with Gasteiger partial charge in [0.25, 0.3) is 0 Å². The van der Waals surface area contributed by atoms with Crippen molar-refractivity contribution in [1.29, 1.82) is 0 Å². The highest BCUT2D eigenvalue weighted by Crippen LogP contribution is 2.21. The number of nitrogens with one attached hydrogen (secondary N) is 1. The van der Waals surface area contributed by atoms with Gasteiger partial charge in [0.15, 0.2) is 9.84 Å². The predicted octanol–water partition coefficient (Wildman–Crippen LogP) is -0.744. The number of nitrogens with zero attached hydrogens (tertiary/aromatic N) is 1. The van der Waals surface area contributed by atoms with Gasteiger partial charge in [-0.05, 0) is 13.5 Å². The monoisotopic (exact) mass is 290 g/mol. The van der Waals surface area contributed by atoms with Gasteiger partial charge in [-0.2, -0.15) is 0 Å². The fourth-order valence-electron chi connectivity index (χ4n) is 2.80. The smallest absolute Gasteiger partial charge is 0.229 e. The second kappa shape index (κ2) is 5.76. The van der Waals surface area contributed by atoms with Crippen LogP contribution in [0, 0.1) is 5.92 Å². The molecule has 0 aromatic heterocycles. The minimum absolute atomic E-state index is 0.0193. The van der Waals surface area contributed by atoms with Crippen LogP contribution in [0.25, 0.3) is 0 Å². The van der Waals surface area contributed by atoms with E-state index in [9.17, 15) is 13.2 Å². The second-order valence-electron chi connectivity index (χ2n) is 5.30. The van der Waals surface area contributed by atoms with Gasteiger partial charge in [-0.15, -0.1) is 0 Å². The van der Waals surface area contributed by atoms with Gasteiger partial charge in [0, 0.05) is 18.6 Å². The van der Waals surface area contributed by atoms with Crippen molar-refractivity contribution >= 4 is 15.7 Å². The maximum absolute atomic E-state index is 12.5. The molecule has 0 aromatic carbocycles. The zero-order valence-corrected chi connectivity index (χ0v) is 12.3. The third kappa shape index (κ3) is 3.27. The van der Waals surface area contributed by atoms with Gasteiger partial charge in [-0.3, -0.25) is 4.79 Å². The molecule has 2 fully saturated rings. The van der Waals surface area contributed by atoms with Crippen molar-refractivity contribution in [2.75, 3.05) is 37.8 Å². The lowest BCUT2D eigenvalue weighted by atomic mass is 10.0. The summed E-state index contributed by atoms with van der Waals surface area (Å²) in [6, 6.07) is -0.197. The van der Waals surface area contributed by atoms with Crippen molar-refractivity contribution in [3.05, 3.63) is 0 Å². The Kier molecular flexibility index (Phi) is 4.47. The van der Waals surface area contributed by atoms with Gasteiger partial charge in [-0.25, -0.2) is 8.42 Å². The molecule has 19 heavy (non-hydrogen) atoms. The van der Waals surface area contributed by atoms with Gasteiger partial charge in [0.05, 0.1) is 30.6 Å². The van der Waals surface area contributed by atoms with E-state index in [4.69, 9.17) is 4.74 Å². The maximum atomic E-state index is 12.5. The predicted molar refractivity (Wildman–Crippen MR) is 71.6 cm³/mol. The molecule has 2 heterocycles. The van der Waals surface area contributed by atoms with E-state index in [0.717, 1.165) is 6.54 Å². The van der Waals surface area contributed by atoms with Crippen LogP contribution in [-0.4, -0.2) is 69.1 Å². The van der Waals surface area contributed by atoms with E-state index in [1.807, 2.05) is 6.92 Å². The van der Waals surface area contributed by atoms with Crippen molar-refractivity contribution in [3.8, 4) is 0 Å². The van der Waals surface area contributed by atoms with Crippen LogP contribution >= 0.6 is 0 Å². The number of sulfone groups is 1. The normalized spacial score (nSPS) is 34.4. The number of ether oxygens (including phenoxy) is 1. The van der Waals surface area contributed by atoms with Crippen LogP contribution < -0.4 is 5.32 Å². The molecule has 0 radical (unpaired) electrons. The summed E-state index contributed by atoms with van der Waals surface area (Å²) in [6.45, 7) is 5.86. The van der Waals surface area contributed by atoms with E-state index in [-0.39, 0.29) is 35.4 Å². The van der Waals surface area contributed by atoms with Crippen molar-refractivity contribution in [1.82, 2.24) is 10.2 Å². The Hall–Kier alpha value is -0.660. The van der Waals surface area contributed by atoms with Crippen LogP contribution in [-0.2, 0) is 19.4 Å². The fraction of sp³-hybridized carbons (Fsp3) is 0.917. The van der Waals surface area contributed by atoms with Gasteiger partial charge in [0.2, 0.25) is 5.91 Å². The topological polar surface area (TPSA) is 75.7 Å². The number of carbonyl (C=O) groups is 1. The Morgan fingerprint density at radius 3 is 2.79 bits per heavy atom. The summed E-state index contributed by atoms with van der Waals surface area (Å²) in [4.78, 5) is 14.2. The van der Waals surface area contributed by atoms with E-state index in [1.165, 1.54) is 0 Å². The summed E-state index contributed by atoms with van der Waals surface area (Å²) in [7, 11) is -2.99. The molecule has 0 bridgehead atoms. The molecule has 0 spiro atoms. The molecule has 7 heteroatoms. The second-order valence-corrected chi connectivity index (χ2v) is 7.53. The van der Waals surface area contributed by atoms with E-state index < -0.39 is 9.84 Å². The molecule has 0 saturated carbocycles. The number of carbonyl (C=O) groups excluding carboxylic acids is 1. The van der Waals surface area contributed by atoms with Gasteiger partial charge in [0.1, 0.15) is 0 Å². The summed E-state index contributed by atoms with van der Waals surface area (Å²) in [6.07, 6.45) is 0. The highest BCUT2D eigenvalue weighted by molar-refractivity contribution is 7.91. The lowest BCUT2D eigenvalue weighted by Gasteiger charge is -2.35. The molecule has 3 atom stereocenters. The van der Waals surface area contributed by atoms with Crippen LogP contribution in [0.1, 0.15) is 13.8 Å². The quantitative estimate of drug-likeness (QED) is 0.741. The first-order chi connectivity index (χ1) is 8.94. The molecule has 1 amide bonds. The molecule has 2 aliphatic rings. The number of likely N-dealkylation sites (N-methyl/N-ethyl adjacent to an activating group) is 1. The highest BCUT2D eigenvalue weighted by Gasteiger charge is 2.40. The zero-order valence-electron chi connectivity index (χ0n) is 11.5. The van der Waals surface area contributed by atoms with Crippen molar-refractivity contribution in [2.24, 2.45) is 5.92 Å². The Labute approximate surface area is 114 Å². The average molecular weight is 290 g/mol. The Bertz CT molecular complexity index is 437. The molecule has 2 aliphatic heterocycles. The van der Waals surface area contributed by atoms with Crippen LogP contribution in [0.3, 0.4) is 0 Å². The molecule has 110 valence electrons. The van der Waals surface area contributed by atoms with Crippen molar-refractivity contribution in [2.45, 2.75) is 25.9 Å². The van der Waals surface area contributed by atoms with Crippen LogP contribution in [0.4, 0.5) is 0 Å². The number of hydrogen-bond acceptors (Lipinski definition) is 5. The van der Waals surface area contributed by atoms with Crippen LogP contribution in [0.15, 0.2) is 0 Å². The first kappa shape index (κ1) is 14.7. The molecule has 3 unspecified atom stereocenters. The standard InChI is InChI=1S/C12H22N2O4S/c1-3-13-11-7-18-6-10(11)12(15)14-4-5-19(16,17)8-9(14)2/h9-11,13H,3-8H2,1-2H3. The van der Waals surface area contributed by atoms with Gasteiger partial charge in [-0.1, -0.05) is 6.92 Å². The Morgan fingerprint density at radius 1 is 1.42 bits per heavy atom. The summed E-state index contributed by atoms with van der Waals surface area (Å²) in [5, 5.41) is 3.25. The third-order valence-corrected chi connectivity index (χ3v) is 5.61. The van der Waals surface area contributed by atoms with Gasteiger partial charge >= 0.3 is 0 Å². The SMILES string of the molecule is CCNC1COCC1C(=O)N1CCS(=O)(=O)CC1C. The van der Waals surface area contributed by atoms with Crippen LogP contribution in [0.5, 0.6) is 0 Å². The summed E-state index contributed by atoms with van der Waals surface area (Å²) < 4.78 is 28.5. The molecular formula is C12H22N2O4S. The summed E-state index contributed by atoms with van der Waals surface area (Å²) in [5.74, 6) is -0.0326. The van der Waals surface area contributed by atoms with E-state index >= 15 is 0 Å². The average Bonchev–Trinajstić information content (AvgIpc) is 2.76. The Morgan fingerprint density at radius 2 is 2.16 bits per heavy atom. The van der Waals surface area contributed by atoms with Crippen molar-refractivity contribution in [3.63, 3.8) is 0 Å². The number of hydrogen-bond donors (Lipinski definition) is 1. The van der Waals surface area contributed by atoms with E-state index in [1.54, 1.807) is 11.8 Å². The van der Waals surface area contributed by atoms with E-state index in [0.29, 0.717) is 19.8 Å². The third-order valence-electron chi connectivity index (χ3n) is 3.82. The molecule has 1 N–H and O–H groups in total. The number of rotatable bonds is 3. The van der Waals surface area contributed by atoms with Crippen molar-refractivity contribution < 1.29 is 17.9 Å². The molecule has 2 saturated heterocycles. The van der Waals surface area contributed by atoms with Crippen LogP contribution in [0.2, 0.25) is 0 Å². The lowest BCUT2D eigenvalue weighted by molar-refractivity contribution is -0.137. The highest BCUT2D eigenvalue weighted by atomic mass is 32.2.